The van der Waals surface area contributed by atoms with Crippen molar-refractivity contribution < 1.29 is 19.5 Å². The monoisotopic (exact) mass is 380 g/mol. The molecule has 0 aromatic heterocycles. The summed E-state index contributed by atoms with van der Waals surface area (Å²) in [5, 5.41) is 9.04. The summed E-state index contributed by atoms with van der Waals surface area (Å²) in [7, 11) is 0. The van der Waals surface area contributed by atoms with E-state index in [0.717, 1.165) is 10.2 Å². The number of carbonyl (C=O) groups excluding carboxylic acids is 2. The van der Waals surface area contributed by atoms with Crippen molar-refractivity contribution in [2.75, 3.05) is 24.5 Å². The standard InChI is InChI=1S/C16H17BrN2O4/c17-12-3-1-2-4-13(12)19-9-11(7-14(19)20)15(21)18-6-5-10(8-18)16(22)23/h1-4,10-11H,5-9H2,(H,22,23). The molecule has 1 aromatic carbocycles. The molecule has 1 aromatic rings. The Morgan fingerprint density at radius 2 is 1.91 bits per heavy atom. The average molecular weight is 381 g/mol. The fraction of sp³-hybridized carbons (Fsp3) is 0.438. The Morgan fingerprint density at radius 1 is 1.17 bits per heavy atom. The van der Waals surface area contributed by atoms with Crippen molar-refractivity contribution in [2.45, 2.75) is 12.8 Å². The highest BCUT2D eigenvalue weighted by atomic mass is 79.9. The molecule has 1 N–H and O–H groups in total. The molecule has 2 aliphatic heterocycles. The molecule has 3 rings (SSSR count). The van der Waals surface area contributed by atoms with E-state index in [1.807, 2.05) is 24.3 Å². The van der Waals surface area contributed by atoms with Crippen LogP contribution in [0, 0.1) is 11.8 Å². The zero-order valence-electron chi connectivity index (χ0n) is 12.4. The van der Waals surface area contributed by atoms with E-state index in [-0.39, 0.29) is 24.8 Å². The number of likely N-dealkylation sites (tertiary alicyclic amines) is 1. The summed E-state index contributed by atoms with van der Waals surface area (Å²) in [5.41, 5.74) is 0.762. The quantitative estimate of drug-likeness (QED) is 0.865. The van der Waals surface area contributed by atoms with Crippen LogP contribution in [0.3, 0.4) is 0 Å². The molecule has 0 radical (unpaired) electrons. The molecule has 0 spiro atoms. The first-order valence-electron chi connectivity index (χ1n) is 7.54. The van der Waals surface area contributed by atoms with Gasteiger partial charge in [0, 0.05) is 30.5 Å². The lowest BCUT2D eigenvalue weighted by molar-refractivity contribution is -0.141. The molecule has 7 heteroatoms. The van der Waals surface area contributed by atoms with Gasteiger partial charge in [0.2, 0.25) is 11.8 Å². The molecular formula is C16H17BrN2O4. The Morgan fingerprint density at radius 3 is 2.57 bits per heavy atom. The largest absolute Gasteiger partial charge is 0.481 e. The number of anilines is 1. The normalized spacial score (nSPS) is 24.3. The van der Waals surface area contributed by atoms with Crippen molar-refractivity contribution in [3.05, 3.63) is 28.7 Å². The van der Waals surface area contributed by atoms with Crippen LogP contribution in [0.25, 0.3) is 0 Å². The lowest BCUT2D eigenvalue weighted by Gasteiger charge is -2.21. The Labute approximate surface area is 142 Å². The second-order valence-electron chi connectivity index (χ2n) is 5.96. The van der Waals surface area contributed by atoms with Crippen LogP contribution in [0.4, 0.5) is 5.69 Å². The van der Waals surface area contributed by atoms with E-state index in [4.69, 9.17) is 5.11 Å². The summed E-state index contributed by atoms with van der Waals surface area (Å²) in [4.78, 5) is 39.1. The van der Waals surface area contributed by atoms with E-state index >= 15 is 0 Å². The van der Waals surface area contributed by atoms with Gasteiger partial charge in [-0.05, 0) is 34.5 Å². The van der Waals surface area contributed by atoms with Gasteiger partial charge in [-0.3, -0.25) is 14.4 Å². The third-order valence-electron chi connectivity index (χ3n) is 4.47. The zero-order valence-corrected chi connectivity index (χ0v) is 14.0. The number of hydrogen-bond acceptors (Lipinski definition) is 3. The van der Waals surface area contributed by atoms with E-state index in [9.17, 15) is 14.4 Å². The Kier molecular flexibility index (Phi) is 4.39. The maximum absolute atomic E-state index is 12.6. The number of aliphatic carboxylic acids is 1. The molecule has 0 bridgehead atoms. The van der Waals surface area contributed by atoms with Crippen molar-refractivity contribution in [1.82, 2.24) is 4.90 Å². The molecule has 2 fully saturated rings. The molecule has 0 aliphatic carbocycles. The van der Waals surface area contributed by atoms with Crippen LogP contribution in [-0.2, 0) is 14.4 Å². The molecule has 23 heavy (non-hydrogen) atoms. The van der Waals surface area contributed by atoms with E-state index in [1.54, 1.807) is 9.80 Å². The van der Waals surface area contributed by atoms with E-state index in [1.165, 1.54) is 0 Å². The zero-order chi connectivity index (χ0) is 16.6. The molecule has 2 heterocycles. The minimum absolute atomic E-state index is 0.0794. The summed E-state index contributed by atoms with van der Waals surface area (Å²) >= 11 is 3.43. The van der Waals surface area contributed by atoms with Gasteiger partial charge in [-0.2, -0.15) is 0 Å². The van der Waals surface area contributed by atoms with Crippen molar-refractivity contribution in [3.8, 4) is 0 Å². The Bertz CT molecular complexity index is 663. The number of benzene rings is 1. The predicted molar refractivity (Wildman–Crippen MR) is 86.9 cm³/mol. The van der Waals surface area contributed by atoms with Crippen molar-refractivity contribution in [3.63, 3.8) is 0 Å². The number of para-hydroxylation sites is 1. The number of carboxylic acid groups (broad SMARTS) is 1. The van der Waals surface area contributed by atoms with E-state index in [0.29, 0.717) is 19.5 Å². The molecule has 122 valence electrons. The fourth-order valence-electron chi connectivity index (χ4n) is 3.20. The highest BCUT2D eigenvalue weighted by Gasteiger charge is 2.40. The van der Waals surface area contributed by atoms with Crippen LogP contribution in [0.5, 0.6) is 0 Å². The molecule has 6 nitrogen and oxygen atoms in total. The summed E-state index contributed by atoms with van der Waals surface area (Å²) in [6.45, 7) is 1.04. The maximum Gasteiger partial charge on any atom is 0.308 e. The minimum atomic E-state index is -0.863. The van der Waals surface area contributed by atoms with E-state index in [2.05, 4.69) is 15.9 Å². The van der Waals surface area contributed by atoms with Crippen molar-refractivity contribution in [1.29, 1.82) is 0 Å². The van der Waals surface area contributed by atoms with Gasteiger partial charge in [0.15, 0.2) is 0 Å². The molecular weight excluding hydrogens is 364 g/mol. The number of amides is 2. The number of nitrogens with zero attached hydrogens (tertiary/aromatic N) is 2. The first-order chi connectivity index (χ1) is 11.0. The van der Waals surface area contributed by atoms with Gasteiger partial charge in [0.05, 0.1) is 17.5 Å². The summed E-state index contributed by atoms with van der Waals surface area (Å²) in [6, 6.07) is 7.41. The van der Waals surface area contributed by atoms with Gasteiger partial charge in [-0.1, -0.05) is 12.1 Å². The number of halogens is 1. The van der Waals surface area contributed by atoms with Gasteiger partial charge in [0.1, 0.15) is 0 Å². The SMILES string of the molecule is O=C(O)C1CCN(C(=O)C2CC(=O)N(c3ccccc3Br)C2)C1. The van der Waals surface area contributed by atoms with Crippen LogP contribution in [-0.4, -0.2) is 47.4 Å². The van der Waals surface area contributed by atoms with Gasteiger partial charge < -0.3 is 14.9 Å². The third kappa shape index (κ3) is 3.10. The van der Waals surface area contributed by atoms with Crippen molar-refractivity contribution in [2.24, 2.45) is 11.8 Å². The minimum Gasteiger partial charge on any atom is -0.481 e. The number of carboxylic acids is 1. The van der Waals surface area contributed by atoms with Crippen LogP contribution in [0.1, 0.15) is 12.8 Å². The third-order valence-corrected chi connectivity index (χ3v) is 5.14. The lowest BCUT2D eigenvalue weighted by Crippen LogP contribution is -2.36. The van der Waals surface area contributed by atoms with E-state index < -0.39 is 17.8 Å². The lowest BCUT2D eigenvalue weighted by atomic mass is 10.1. The number of carbonyl (C=O) groups is 3. The molecule has 2 unspecified atom stereocenters. The van der Waals surface area contributed by atoms with Gasteiger partial charge in [0.25, 0.3) is 0 Å². The highest BCUT2D eigenvalue weighted by Crippen LogP contribution is 2.32. The Hall–Kier alpha value is -1.89. The van der Waals surface area contributed by atoms with Gasteiger partial charge in [-0.25, -0.2) is 0 Å². The van der Waals surface area contributed by atoms with Crippen LogP contribution >= 0.6 is 15.9 Å². The molecule has 2 atom stereocenters. The molecule has 2 saturated heterocycles. The smallest absolute Gasteiger partial charge is 0.308 e. The van der Waals surface area contributed by atoms with Crippen LogP contribution in [0.2, 0.25) is 0 Å². The molecule has 2 aliphatic rings. The average Bonchev–Trinajstić information content (AvgIpc) is 3.14. The predicted octanol–water partition coefficient (Wildman–Crippen LogP) is 1.74. The topological polar surface area (TPSA) is 77.9 Å². The summed E-state index contributed by atoms with van der Waals surface area (Å²) in [5.74, 6) is -1.95. The van der Waals surface area contributed by atoms with Crippen molar-refractivity contribution >= 4 is 39.4 Å². The number of hydrogen-bond donors (Lipinski definition) is 1. The maximum atomic E-state index is 12.6. The highest BCUT2D eigenvalue weighted by molar-refractivity contribution is 9.10. The van der Waals surface area contributed by atoms with Crippen LogP contribution in [0.15, 0.2) is 28.7 Å². The Balaban J connectivity index is 1.69. The molecule has 0 saturated carbocycles. The van der Waals surface area contributed by atoms with Gasteiger partial charge >= 0.3 is 5.97 Å². The summed E-state index contributed by atoms with van der Waals surface area (Å²) in [6.07, 6.45) is 0.657. The molecule has 2 amide bonds. The first-order valence-corrected chi connectivity index (χ1v) is 8.33. The van der Waals surface area contributed by atoms with Gasteiger partial charge in [-0.15, -0.1) is 0 Å². The first kappa shape index (κ1) is 16.0. The number of rotatable bonds is 3. The van der Waals surface area contributed by atoms with Crippen LogP contribution < -0.4 is 4.90 Å². The fourth-order valence-corrected chi connectivity index (χ4v) is 3.70. The second kappa shape index (κ2) is 6.31. The second-order valence-corrected chi connectivity index (χ2v) is 6.82. The summed E-state index contributed by atoms with van der Waals surface area (Å²) < 4.78 is 0.813.